The first-order valence-corrected chi connectivity index (χ1v) is 12.3. The van der Waals surface area contributed by atoms with Gasteiger partial charge < -0.3 is 25.9 Å². The van der Waals surface area contributed by atoms with Crippen molar-refractivity contribution in [3.05, 3.63) is 82.1 Å². The first-order chi connectivity index (χ1) is 18.3. The third kappa shape index (κ3) is 5.49. The average molecular weight is 514 g/mol. The summed E-state index contributed by atoms with van der Waals surface area (Å²) in [5, 5.41) is 14.8. The van der Waals surface area contributed by atoms with Gasteiger partial charge in [-0.15, -0.1) is 5.10 Å². The molecule has 5 rings (SSSR count). The molecule has 1 aliphatic rings. The number of aryl methyl sites for hydroxylation is 2. The first-order valence-electron chi connectivity index (χ1n) is 12.3. The average Bonchev–Trinajstić information content (AvgIpc) is 3.66. The van der Waals surface area contributed by atoms with Gasteiger partial charge in [0.2, 0.25) is 11.7 Å². The second-order valence-electron chi connectivity index (χ2n) is 9.42. The summed E-state index contributed by atoms with van der Waals surface area (Å²) in [5.41, 5.74) is 20.6. The summed E-state index contributed by atoms with van der Waals surface area (Å²) in [6.45, 7) is 4.66. The van der Waals surface area contributed by atoms with E-state index in [1.54, 1.807) is 6.07 Å². The van der Waals surface area contributed by atoms with Crippen LogP contribution in [0.3, 0.4) is 0 Å². The Morgan fingerprint density at radius 1 is 1.11 bits per heavy atom. The number of nitrogens with two attached hydrogens (primary N) is 3. The van der Waals surface area contributed by atoms with Crippen LogP contribution in [-0.2, 0) is 13.2 Å². The molecule has 1 saturated carbocycles. The molecule has 0 aliphatic heterocycles. The maximum absolute atomic E-state index is 7.71. The van der Waals surface area contributed by atoms with Crippen LogP contribution in [0.5, 0.6) is 5.88 Å². The zero-order valence-electron chi connectivity index (χ0n) is 21.3. The van der Waals surface area contributed by atoms with Gasteiger partial charge in [-0.05, 0) is 73.1 Å². The second kappa shape index (κ2) is 10.3. The van der Waals surface area contributed by atoms with E-state index in [0.717, 1.165) is 28.0 Å². The zero-order valence-corrected chi connectivity index (χ0v) is 21.3. The Balaban J connectivity index is 1.35. The molecule has 4 aromatic rings. The summed E-state index contributed by atoms with van der Waals surface area (Å²) in [4.78, 5) is 13.5. The van der Waals surface area contributed by atoms with Crippen molar-refractivity contribution >= 4 is 23.1 Å². The highest BCUT2D eigenvalue weighted by atomic mass is 16.5. The molecule has 0 spiro atoms. The molecule has 196 valence electrons. The second-order valence-corrected chi connectivity index (χ2v) is 9.42. The van der Waals surface area contributed by atoms with Crippen LogP contribution in [0.25, 0.3) is 5.65 Å². The van der Waals surface area contributed by atoms with Gasteiger partial charge in [0.25, 0.3) is 0 Å². The highest BCUT2D eigenvalue weighted by Gasteiger charge is 2.23. The lowest BCUT2D eigenvalue weighted by molar-refractivity contribution is 0.289. The smallest absolute Gasteiger partial charge is 0.219 e. The lowest BCUT2D eigenvalue weighted by atomic mass is 9.99. The fourth-order valence-electron chi connectivity index (χ4n) is 4.37. The van der Waals surface area contributed by atoms with Gasteiger partial charge in [-0.2, -0.15) is 4.98 Å². The molecule has 0 atom stereocenters. The minimum atomic E-state index is 0.0134. The molecule has 1 fully saturated rings. The van der Waals surface area contributed by atoms with Crippen molar-refractivity contribution in [3.63, 3.8) is 0 Å². The molecule has 12 heteroatoms. The Hall–Kier alpha value is -4.71. The number of amidine groups is 2. The van der Waals surface area contributed by atoms with Gasteiger partial charge in [0, 0.05) is 30.6 Å². The summed E-state index contributed by atoms with van der Waals surface area (Å²) < 4.78 is 8.03. The predicted molar refractivity (Wildman–Crippen MR) is 146 cm³/mol. The molecule has 0 unspecified atom stereocenters. The molecule has 3 aromatic heterocycles. The van der Waals surface area contributed by atoms with Gasteiger partial charge in [-0.25, -0.2) is 21.3 Å². The first kappa shape index (κ1) is 25.0. The number of nitrogen functional groups attached to an aromatic ring is 1. The van der Waals surface area contributed by atoms with Crippen molar-refractivity contribution in [3.8, 4) is 5.88 Å². The van der Waals surface area contributed by atoms with Crippen molar-refractivity contribution in [2.75, 3.05) is 5.32 Å². The molecule has 12 nitrogen and oxygen atoms in total. The number of hydrazine groups is 1. The molecule has 0 saturated heterocycles. The summed E-state index contributed by atoms with van der Waals surface area (Å²) in [5.74, 6) is 6.98. The van der Waals surface area contributed by atoms with Crippen molar-refractivity contribution in [1.82, 2.24) is 24.9 Å². The number of hydrogen-bond donors (Lipinski definition) is 6. The fraction of sp³-hybridized carbons (Fsp3) is 0.269. The summed E-state index contributed by atoms with van der Waals surface area (Å²) >= 11 is 0. The van der Waals surface area contributed by atoms with Crippen molar-refractivity contribution < 1.29 is 4.74 Å². The van der Waals surface area contributed by atoms with Gasteiger partial charge in [0.05, 0.1) is 5.69 Å². The van der Waals surface area contributed by atoms with Crippen LogP contribution in [0.15, 0.2) is 47.8 Å². The number of hydrogen-bond acceptors (Lipinski definition) is 9. The number of nitrogens with zero attached hydrogens (tertiary/aromatic N) is 5. The van der Waals surface area contributed by atoms with E-state index in [4.69, 9.17) is 27.5 Å². The number of hydrazone groups is 1. The molecule has 0 bridgehead atoms. The number of pyridine rings is 1. The Kier molecular flexibility index (Phi) is 6.79. The number of benzene rings is 1. The lowest BCUT2D eigenvalue weighted by Gasteiger charge is -2.14. The number of anilines is 1. The van der Waals surface area contributed by atoms with E-state index in [1.165, 1.54) is 18.4 Å². The fourth-order valence-corrected chi connectivity index (χ4v) is 4.37. The van der Waals surface area contributed by atoms with Crippen LogP contribution < -0.4 is 32.9 Å². The Bertz CT molecular complexity index is 1510. The standard InChI is InChI=1S/C26H31N11O/c1-14-7-18(24(27)28)8-15(2)20(14)10-31-21-9-23(34-26(33-21)25(29)35-36-30)38-13-19-12-37-11-17(16-3-4-16)5-6-22(37)32-19/h5-9,11-12,16,36H,3-4,10,13,30H2,1-2H3,(H3,27,28)(H2,29,35)(H,31,33,34). The predicted octanol–water partition coefficient (Wildman–Crippen LogP) is 2.18. The number of imidazole rings is 1. The highest BCUT2D eigenvalue weighted by molar-refractivity contribution is 5.95. The van der Waals surface area contributed by atoms with Gasteiger partial charge in [-0.1, -0.05) is 6.07 Å². The molecule has 1 aromatic carbocycles. The summed E-state index contributed by atoms with van der Waals surface area (Å²) in [6.07, 6.45) is 6.60. The molecular weight excluding hydrogens is 482 g/mol. The van der Waals surface area contributed by atoms with Crippen molar-refractivity contribution in [1.29, 1.82) is 5.41 Å². The quantitative estimate of drug-likeness (QED) is 0.0798. The van der Waals surface area contributed by atoms with E-state index in [-0.39, 0.29) is 24.1 Å². The maximum atomic E-state index is 7.71. The van der Waals surface area contributed by atoms with E-state index in [9.17, 15) is 0 Å². The molecule has 0 radical (unpaired) electrons. The Morgan fingerprint density at radius 2 is 1.87 bits per heavy atom. The largest absolute Gasteiger partial charge is 0.471 e. The SMILES string of the molecule is Cc1cc(C(=N)N)cc(C)c1CNc1cc(OCc2cn3cc(C4CC4)ccc3n2)nc(/C(N)=N/NN)n1. The van der Waals surface area contributed by atoms with Crippen molar-refractivity contribution in [2.45, 2.75) is 45.8 Å². The van der Waals surface area contributed by atoms with Crippen LogP contribution in [0, 0.1) is 19.3 Å². The van der Waals surface area contributed by atoms with Gasteiger partial charge >= 0.3 is 0 Å². The van der Waals surface area contributed by atoms with E-state index >= 15 is 0 Å². The monoisotopic (exact) mass is 513 g/mol. The molecule has 0 amide bonds. The minimum absolute atomic E-state index is 0.0134. The molecule has 3 heterocycles. The Labute approximate surface area is 219 Å². The van der Waals surface area contributed by atoms with E-state index in [0.29, 0.717) is 29.7 Å². The van der Waals surface area contributed by atoms with Gasteiger partial charge in [-0.3, -0.25) is 5.41 Å². The summed E-state index contributed by atoms with van der Waals surface area (Å²) in [6, 6.07) is 9.66. The Morgan fingerprint density at radius 3 is 2.55 bits per heavy atom. The van der Waals surface area contributed by atoms with E-state index in [2.05, 4.69) is 43.2 Å². The van der Waals surface area contributed by atoms with Crippen molar-refractivity contribution in [2.24, 2.45) is 22.4 Å². The molecular formula is C26H31N11O. The normalized spacial score (nSPS) is 13.5. The highest BCUT2D eigenvalue weighted by Crippen LogP contribution is 2.39. The van der Waals surface area contributed by atoms with Crippen LogP contribution in [-0.4, -0.2) is 31.0 Å². The molecule has 9 N–H and O–H groups in total. The van der Waals surface area contributed by atoms with E-state index < -0.39 is 0 Å². The number of ether oxygens (including phenoxy) is 1. The van der Waals surface area contributed by atoms with Crippen LogP contribution in [0.2, 0.25) is 0 Å². The summed E-state index contributed by atoms with van der Waals surface area (Å²) in [7, 11) is 0. The van der Waals surface area contributed by atoms with Crippen LogP contribution in [0.1, 0.15) is 58.1 Å². The number of rotatable bonds is 10. The number of aromatic nitrogens is 4. The lowest BCUT2D eigenvalue weighted by Crippen LogP contribution is -2.25. The van der Waals surface area contributed by atoms with Crippen LogP contribution in [0.4, 0.5) is 5.82 Å². The minimum Gasteiger partial charge on any atom is -0.471 e. The van der Waals surface area contributed by atoms with Gasteiger partial charge in [0.15, 0.2) is 5.84 Å². The van der Waals surface area contributed by atoms with Crippen LogP contribution >= 0.6 is 0 Å². The third-order valence-corrected chi connectivity index (χ3v) is 6.51. The number of fused-ring (bicyclic) bond motifs is 1. The maximum Gasteiger partial charge on any atom is 0.219 e. The zero-order chi connectivity index (χ0) is 26.8. The molecule has 1 aliphatic carbocycles. The van der Waals surface area contributed by atoms with E-state index in [1.807, 2.05) is 42.6 Å². The van der Waals surface area contributed by atoms with Gasteiger partial charge in [0.1, 0.15) is 23.9 Å². The topological polar surface area (TPSA) is 191 Å². The third-order valence-electron chi connectivity index (χ3n) is 6.51. The number of nitrogens with one attached hydrogen (secondary N) is 3. The molecule has 38 heavy (non-hydrogen) atoms.